The molecule has 2 unspecified atom stereocenters. The molecule has 0 aromatic heterocycles. The fourth-order valence-corrected chi connectivity index (χ4v) is 1.98. The van der Waals surface area contributed by atoms with E-state index in [1.807, 2.05) is 54.6 Å². The van der Waals surface area contributed by atoms with E-state index in [2.05, 4.69) is 0 Å². The van der Waals surface area contributed by atoms with Crippen LogP contribution in [0.1, 0.15) is 17.2 Å². The van der Waals surface area contributed by atoms with E-state index in [9.17, 15) is 0 Å². The quantitative estimate of drug-likeness (QED) is 0.835. The molecule has 0 spiro atoms. The molecule has 0 bridgehead atoms. The van der Waals surface area contributed by atoms with Crippen molar-refractivity contribution < 1.29 is 9.47 Å². The summed E-state index contributed by atoms with van der Waals surface area (Å²) in [6.45, 7) is 1.45. The minimum absolute atomic E-state index is 0.0954. The third-order valence-electron chi connectivity index (χ3n) is 3.24. The van der Waals surface area contributed by atoms with Crippen LogP contribution in [0.15, 0.2) is 54.6 Å². The number of rotatable bonds is 5. The van der Waals surface area contributed by atoms with Gasteiger partial charge in [0.1, 0.15) is 18.5 Å². The molecule has 1 aliphatic rings. The average Bonchev–Trinajstić information content (AvgIpc) is 3.30. The maximum absolute atomic E-state index is 6.24. The standard InChI is InChI=1S/C16H17NO2/c17-16(12-4-2-1-3-5-12)13-6-8-14(9-7-13)18-10-15-11-19-15/h1-9,15-16H,10-11,17H2. The number of hydrogen-bond acceptors (Lipinski definition) is 3. The zero-order valence-corrected chi connectivity index (χ0v) is 10.7. The highest BCUT2D eigenvalue weighted by Crippen LogP contribution is 2.22. The molecular formula is C16H17NO2. The third-order valence-corrected chi connectivity index (χ3v) is 3.24. The van der Waals surface area contributed by atoms with Crippen molar-refractivity contribution >= 4 is 0 Å². The van der Waals surface area contributed by atoms with E-state index in [4.69, 9.17) is 15.2 Å². The molecule has 1 fully saturated rings. The molecule has 1 saturated heterocycles. The molecular weight excluding hydrogens is 238 g/mol. The molecule has 2 aromatic carbocycles. The van der Waals surface area contributed by atoms with Crippen molar-refractivity contribution in [3.8, 4) is 5.75 Å². The predicted octanol–water partition coefficient (Wildman–Crippen LogP) is 2.51. The number of ether oxygens (including phenoxy) is 2. The van der Waals surface area contributed by atoms with Crippen LogP contribution in [0.2, 0.25) is 0 Å². The molecule has 3 nitrogen and oxygen atoms in total. The molecule has 0 aliphatic carbocycles. The van der Waals surface area contributed by atoms with Crippen molar-refractivity contribution in [3.63, 3.8) is 0 Å². The Labute approximate surface area is 113 Å². The summed E-state index contributed by atoms with van der Waals surface area (Å²) in [7, 11) is 0. The van der Waals surface area contributed by atoms with Gasteiger partial charge in [0.05, 0.1) is 12.6 Å². The van der Waals surface area contributed by atoms with Crippen LogP contribution in [0.3, 0.4) is 0 Å². The summed E-state index contributed by atoms with van der Waals surface area (Å²) < 4.78 is 10.7. The lowest BCUT2D eigenvalue weighted by molar-refractivity contribution is 0.263. The van der Waals surface area contributed by atoms with Crippen molar-refractivity contribution in [2.75, 3.05) is 13.2 Å². The Morgan fingerprint density at radius 1 is 1.05 bits per heavy atom. The Hall–Kier alpha value is -1.84. The topological polar surface area (TPSA) is 47.8 Å². The maximum Gasteiger partial charge on any atom is 0.119 e. The van der Waals surface area contributed by atoms with Crippen LogP contribution >= 0.6 is 0 Å². The van der Waals surface area contributed by atoms with Crippen molar-refractivity contribution in [1.29, 1.82) is 0 Å². The lowest BCUT2D eigenvalue weighted by atomic mass is 10.00. The number of nitrogens with two attached hydrogens (primary N) is 1. The molecule has 3 heteroatoms. The van der Waals surface area contributed by atoms with Gasteiger partial charge in [-0.05, 0) is 23.3 Å². The molecule has 3 rings (SSSR count). The van der Waals surface area contributed by atoms with E-state index in [0.717, 1.165) is 23.5 Å². The van der Waals surface area contributed by atoms with Gasteiger partial charge in [0.15, 0.2) is 0 Å². The SMILES string of the molecule is NC(c1ccccc1)c1ccc(OCC2CO2)cc1. The van der Waals surface area contributed by atoms with E-state index in [-0.39, 0.29) is 12.1 Å². The first-order valence-corrected chi connectivity index (χ1v) is 6.48. The normalized spacial score (nSPS) is 18.9. The second-order valence-corrected chi connectivity index (χ2v) is 4.72. The van der Waals surface area contributed by atoms with Crippen molar-refractivity contribution in [2.45, 2.75) is 12.1 Å². The predicted molar refractivity (Wildman–Crippen MR) is 74.1 cm³/mol. The monoisotopic (exact) mass is 255 g/mol. The largest absolute Gasteiger partial charge is 0.491 e. The molecule has 2 atom stereocenters. The molecule has 0 radical (unpaired) electrons. The molecule has 2 N–H and O–H groups in total. The fourth-order valence-electron chi connectivity index (χ4n) is 1.98. The number of hydrogen-bond donors (Lipinski definition) is 1. The highest BCUT2D eigenvalue weighted by atomic mass is 16.6. The zero-order chi connectivity index (χ0) is 13.1. The summed E-state index contributed by atoms with van der Waals surface area (Å²) in [6, 6.07) is 17.9. The van der Waals surface area contributed by atoms with Crippen molar-refractivity contribution in [3.05, 3.63) is 65.7 Å². The van der Waals surface area contributed by atoms with Crippen LogP contribution in [0.4, 0.5) is 0 Å². The summed E-state index contributed by atoms with van der Waals surface area (Å²) in [4.78, 5) is 0. The molecule has 0 saturated carbocycles. The van der Waals surface area contributed by atoms with Gasteiger partial charge < -0.3 is 15.2 Å². The summed E-state index contributed by atoms with van der Waals surface area (Å²) in [5, 5.41) is 0. The number of benzene rings is 2. The van der Waals surface area contributed by atoms with E-state index in [0.29, 0.717) is 6.61 Å². The molecule has 2 aromatic rings. The summed E-state index contributed by atoms with van der Waals surface area (Å²) in [5.41, 5.74) is 8.44. The Morgan fingerprint density at radius 3 is 2.32 bits per heavy atom. The van der Waals surface area contributed by atoms with Crippen LogP contribution in [0.25, 0.3) is 0 Å². The van der Waals surface area contributed by atoms with Crippen LogP contribution in [0.5, 0.6) is 5.75 Å². The van der Waals surface area contributed by atoms with E-state index < -0.39 is 0 Å². The lowest BCUT2D eigenvalue weighted by Gasteiger charge is -2.13. The van der Waals surface area contributed by atoms with Crippen molar-refractivity contribution in [1.82, 2.24) is 0 Å². The second-order valence-electron chi connectivity index (χ2n) is 4.72. The van der Waals surface area contributed by atoms with Crippen LogP contribution in [0, 0.1) is 0 Å². The lowest BCUT2D eigenvalue weighted by Crippen LogP contribution is -2.11. The maximum atomic E-state index is 6.24. The first-order chi connectivity index (χ1) is 9.33. The van der Waals surface area contributed by atoms with Gasteiger partial charge in [-0.2, -0.15) is 0 Å². The minimum Gasteiger partial charge on any atom is -0.491 e. The van der Waals surface area contributed by atoms with Gasteiger partial charge in [0, 0.05) is 0 Å². The molecule has 19 heavy (non-hydrogen) atoms. The van der Waals surface area contributed by atoms with Crippen molar-refractivity contribution in [2.24, 2.45) is 5.73 Å². The Morgan fingerprint density at radius 2 is 1.68 bits per heavy atom. The first-order valence-electron chi connectivity index (χ1n) is 6.48. The highest BCUT2D eigenvalue weighted by Gasteiger charge is 2.23. The van der Waals surface area contributed by atoms with Crippen LogP contribution in [-0.2, 0) is 4.74 Å². The first kappa shape index (κ1) is 12.2. The average molecular weight is 255 g/mol. The minimum atomic E-state index is -0.0954. The molecule has 0 amide bonds. The van der Waals surface area contributed by atoms with Gasteiger partial charge in [-0.3, -0.25) is 0 Å². The summed E-state index contributed by atoms with van der Waals surface area (Å²) >= 11 is 0. The second kappa shape index (κ2) is 5.43. The summed E-state index contributed by atoms with van der Waals surface area (Å²) in [5.74, 6) is 0.861. The smallest absolute Gasteiger partial charge is 0.119 e. The zero-order valence-electron chi connectivity index (χ0n) is 10.7. The van der Waals surface area contributed by atoms with Crippen LogP contribution in [-0.4, -0.2) is 19.3 Å². The summed E-state index contributed by atoms with van der Waals surface area (Å²) in [6.07, 6.45) is 0.284. The van der Waals surface area contributed by atoms with Gasteiger partial charge in [-0.15, -0.1) is 0 Å². The number of epoxide rings is 1. The molecule has 98 valence electrons. The Kier molecular flexibility index (Phi) is 3.49. The van der Waals surface area contributed by atoms with E-state index >= 15 is 0 Å². The van der Waals surface area contributed by atoms with Gasteiger partial charge >= 0.3 is 0 Å². The Balaban J connectivity index is 1.67. The molecule has 1 aliphatic heterocycles. The Bertz CT molecular complexity index is 520. The fraction of sp³-hybridized carbons (Fsp3) is 0.250. The molecule has 1 heterocycles. The van der Waals surface area contributed by atoms with E-state index in [1.54, 1.807) is 0 Å². The van der Waals surface area contributed by atoms with Gasteiger partial charge in [0.25, 0.3) is 0 Å². The van der Waals surface area contributed by atoms with Gasteiger partial charge in [-0.1, -0.05) is 42.5 Å². The van der Waals surface area contributed by atoms with Gasteiger partial charge in [0.2, 0.25) is 0 Å². The van der Waals surface area contributed by atoms with E-state index in [1.165, 1.54) is 0 Å². The van der Waals surface area contributed by atoms with Crippen LogP contribution < -0.4 is 10.5 Å². The third kappa shape index (κ3) is 3.13. The van der Waals surface area contributed by atoms with Gasteiger partial charge in [-0.25, -0.2) is 0 Å². The highest BCUT2D eigenvalue weighted by molar-refractivity contribution is 5.35.